The third-order valence-corrected chi connectivity index (χ3v) is 4.82. The Balaban J connectivity index is 1.63. The van der Waals surface area contributed by atoms with E-state index in [9.17, 15) is 14.0 Å². The lowest BCUT2D eigenvalue weighted by atomic mass is 10.2. The van der Waals surface area contributed by atoms with Crippen molar-refractivity contribution < 1.29 is 18.7 Å². The van der Waals surface area contributed by atoms with Gasteiger partial charge in [-0.25, -0.2) is 4.39 Å². The number of amidine groups is 1. The van der Waals surface area contributed by atoms with Crippen molar-refractivity contribution in [3.8, 4) is 5.75 Å². The van der Waals surface area contributed by atoms with Crippen LogP contribution in [0.4, 0.5) is 10.1 Å². The van der Waals surface area contributed by atoms with Crippen LogP contribution in [0.5, 0.6) is 5.75 Å². The molecule has 0 bridgehead atoms. The number of nitrogens with one attached hydrogen (secondary N) is 2. The van der Waals surface area contributed by atoms with Crippen LogP contribution in [0.3, 0.4) is 0 Å². The Morgan fingerprint density at radius 2 is 1.96 bits per heavy atom. The first-order valence-corrected chi connectivity index (χ1v) is 9.19. The van der Waals surface area contributed by atoms with Crippen molar-refractivity contribution in [3.63, 3.8) is 0 Å². The Hall–Kier alpha value is -3.20. The molecule has 0 unspecified atom stereocenters. The zero-order valence-corrected chi connectivity index (χ0v) is 15.7. The van der Waals surface area contributed by atoms with Crippen molar-refractivity contribution in [3.05, 3.63) is 59.9 Å². The van der Waals surface area contributed by atoms with Crippen molar-refractivity contribution >= 4 is 40.6 Å². The largest absolute Gasteiger partial charge is 0.497 e. The predicted molar refractivity (Wildman–Crippen MR) is 107 cm³/mol. The van der Waals surface area contributed by atoms with Gasteiger partial charge in [0, 0.05) is 12.1 Å². The zero-order chi connectivity index (χ0) is 19.9. The van der Waals surface area contributed by atoms with Crippen LogP contribution in [0.1, 0.15) is 12.0 Å². The van der Waals surface area contributed by atoms with E-state index in [-0.39, 0.29) is 23.4 Å². The molecule has 0 spiro atoms. The molecule has 1 heterocycles. The minimum Gasteiger partial charge on any atom is -0.497 e. The molecule has 28 heavy (non-hydrogen) atoms. The summed E-state index contributed by atoms with van der Waals surface area (Å²) in [6, 6.07) is 12.6. The number of carbonyl (C=O) groups excluding carboxylic acids is 2. The van der Waals surface area contributed by atoms with Crippen LogP contribution in [0.25, 0.3) is 0 Å². The van der Waals surface area contributed by atoms with Gasteiger partial charge in [-0.1, -0.05) is 11.8 Å². The Kier molecular flexibility index (Phi) is 6.38. The smallest absolute Gasteiger partial charge is 0.238 e. The van der Waals surface area contributed by atoms with Gasteiger partial charge in [0.1, 0.15) is 16.8 Å². The first-order chi connectivity index (χ1) is 13.5. The van der Waals surface area contributed by atoms with Crippen molar-refractivity contribution in [1.29, 1.82) is 0 Å². The summed E-state index contributed by atoms with van der Waals surface area (Å²) >= 11 is 1.11. The van der Waals surface area contributed by atoms with E-state index in [1.165, 1.54) is 30.5 Å². The van der Waals surface area contributed by atoms with Gasteiger partial charge in [0.25, 0.3) is 0 Å². The number of amides is 2. The fraction of sp³-hybridized carbons (Fsp3) is 0.158. The SMILES string of the molecule is COc1ccc(/C=N\N=C2/NC(=O)C[C@H](C(=O)Nc3ccc(F)cc3)S2)cc1. The second kappa shape index (κ2) is 9.14. The molecule has 2 aromatic carbocycles. The Morgan fingerprint density at radius 1 is 1.25 bits per heavy atom. The van der Waals surface area contributed by atoms with Crippen LogP contribution in [0.2, 0.25) is 0 Å². The molecule has 0 radical (unpaired) electrons. The molecule has 1 aliphatic heterocycles. The molecule has 9 heteroatoms. The Morgan fingerprint density at radius 3 is 2.64 bits per heavy atom. The molecule has 0 aromatic heterocycles. The van der Waals surface area contributed by atoms with E-state index in [1.807, 2.05) is 12.1 Å². The average Bonchev–Trinajstić information content (AvgIpc) is 2.70. The highest BCUT2D eigenvalue weighted by molar-refractivity contribution is 8.15. The van der Waals surface area contributed by atoms with E-state index in [0.717, 1.165) is 23.1 Å². The van der Waals surface area contributed by atoms with Gasteiger partial charge in [-0.3, -0.25) is 9.59 Å². The molecule has 2 N–H and O–H groups in total. The molecule has 144 valence electrons. The summed E-state index contributed by atoms with van der Waals surface area (Å²) in [5, 5.41) is 12.8. The molecule has 0 saturated carbocycles. The molecule has 1 saturated heterocycles. The van der Waals surface area contributed by atoms with Crippen LogP contribution in [-0.4, -0.2) is 35.6 Å². The highest BCUT2D eigenvalue weighted by Crippen LogP contribution is 2.22. The monoisotopic (exact) mass is 400 g/mol. The van der Waals surface area contributed by atoms with Gasteiger partial charge in [-0.2, -0.15) is 5.10 Å². The van der Waals surface area contributed by atoms with Crippen LogP contribution in [0, 0.1) is 5.82 Å². The number of halogens is 1. The number of anilines is 1. The Labute approximate surface area is 165 Å². The summed E-state index contributed by atoms with van der Waals surface area (Å²) in [7, 11) is 1.58. The lowest BCUT2D eigenvalue weighted by Crippen LogP contribution is -2.41. The first-order valence-electron chi connectivity index (χ1n) is 8.31. The number of thioether (sulfide) groups is 1. The summed E-state index contributed by atoms with van der Waals surface area (Å²) < 4.78 is 18.0. The maximum absolute atomic E-state index is 13.0. The highest BCUT2D eigenvalue weighted by atomic mass is 32.2. The van der Waals surface area contributed by atoms with Gasteiger partial charge in [0.15, 0.2) is 5.17 Å². The number of nitrogens with zero attached hydrogens (tertiary/aromatic N) is 2. The summed E-state index contributed by atoms with van der Waals surface area (Å²) in [6.45, 7) is 0. The van der Waals surface area contributed by atoms with Crippen molar-refractivity contribution in [2.45, 2.75) is 11.7 Å². The van der Waals surface area contributed by atoms with Crippen molar-refractivity contribution in [1.82, 2.24) is 5.32 Å². The summed E-state index contributed by atoms with van der Waals surface area (Å²) in [6.07, 6.45) is 1.54. The summed E-state index contributed by atoms with van der Waals surface area (Å²) in [5.41, 5.74) is 1.26. The predicted octanol–water partition coefficient (Wildman–Crippen LogP) is 2.78. The number of rotatable bonds is 5. The van der Waals surface area contributed by atoms with Gasteiger partial charge >= 0.3 is 0 Å². The zero-order valence-electron chi connectivity index (χ0n) is 14.9. The molecule has 7 nitrogen and oxygen atoms in total. The normalized spacial score (nSPS) is 18.1. The maximum atomic E-state index is 13.0. The van der Waals surface area contributed by atoms with Crippen LogP contribution < -0.4 is 15.4 Å². The highest BCUT2D eigenvalue weighted by Gasteiger charge is 2.30. The minimum atomic E-state index is -0.659. The molecule has 2 amide bonds. The number of methoxy groups -OCH3 is 1. The molecular formula is C19H17FN4O3S. The average molecular weight is 400 g/mol. The topological polar surface area (TPSA) is 92.2 Å². The second-order valence-corrected chi connectivity index (χ2v) is 6.97. The quantitative estimate of drug-likeness (QED) is 0.596. The molecule has 3 rings (SSSR count). The van der Waals surface area contributed by atoms with E-state index in [2.05, 4.69) is 20.8 Å². The van der Waals surface area contributed by atoms with Gasteiger partial charge < -0.3 is 15.4 Å². The van der Waals surface area contributed by atoms with Crippen molar-refractivity contribution in [2.24, 2.45) is 10.2 Å². The van der Waals surface area contributed by atoms with E-state index in [0.29, 0.717) is 5.69 Å². The maximum Gasteiger partial charge on any atom is 0.238 e. The van der Waals surface area contributed by atoms with Gasteiger partial charge in [0.05, 0.1) is 13.3 Å². The third-order valence-electron chi connectivity index (χ3n) is 3.75. The lowest BCUT2D eigenvalue weighted by Gasteiger charge is -2.21. The van der Waals surface area contributed by atoms with Crippen LogP contribution in [-0.2, 0) is 9.59 Å². The van der Waals surface area contributed by atoms with E-state index in [4.69, 9.17) is 4.74 Å². The molecule has 1 fully saturated rings. The minimum absolute atomic E-state index is 0.0128. The fourth-order valence-corrected chi connectivity index (χ4v) is 3.27. The second-order valence-electron chi connectivity index (χ2n) is 5.78. The molecule has 2 aromatic rings. The summed E-state index contributed by atoms with van der Waals surface area (Å²) in [4.78, 5) is 24.3. The standard InChI is InChI=1S/C19H17FN4O3S/c1-27-15-8-2-12(3-9-15)11-21-24-19-23-17(25)10-16(28-19)18(26)22-14-6-4-13(20)5-7-14/h2-9,11,16H,10H2,1H3,(H,22,26)(H,23,24,25)/b21-11-/t16-/m1/s1. The van der Waals surface area contributed by atoms with Crippen LogP contribution >= 0.6 is 11.8 Å². The van der Waals surface area contributed by atoms with Crippen molar-refractivity contribution in [2.75, 3.05) is 12.4 Å². The third kappa shape index (κ3) is 5.40. The number of carbonyl (C=O) groups is 2. The number of hydrogen-bond acceptors (Lipinski definition) is 6. The number of ether oxygens (including phenoxy) is 1. The van der Waals surface area contributed by atoms with E-state index < -0.39 is 11.1 Å². The first kappa shape index (κ1) is 19.6. The van der Waals surface area contributed by atoms with Gasteiger partial charge in [-0.05, 0) is 54.1 Å². The Bertz CT molecular complexity index is 914. The van der Waals surface area contributed by atoms with Gasteiger partial charge in [0.2, 0.25) is 11.8 Å². The molecule has 1 aliphatic rings. The van der Waals surface area contributed by atoms with E-state index >= 15 is 0 Å². The molecule has 0 aliphatic carbocycles. The number of hydrogen-bond donors (Lipinski definition) is 2. The van der Waals surface area contributed by atoms with E-state index in [1.54, 1.807) is 19.2 Å². The fourth-order valence-electron chi connectivity index (χ4n) is 2.33. The molecule has 1 atom stereocenters. The lowest BCUT2D eigenvalue weighted by molar-refractivity contribution is -0.123. The summed E-state index contributed by atoms with van der Waals surface area (Å²) in [5.74, 6) is -0.350. The van der Waals surface area contributed by atoms with Crippen LogP contribution in [0.15, 0.2) is 58.7 Å². The number of benzene rings is 2. The van der Waals surface area contributed by atoms with Gasteiger partial charge in [-0.15, -0.1) is 5.10 Å². The molecular weight excluding hydrogens is 383 g/mol.